The average Bonchev–Trinajstić information content (AvgIpc) is 2.76. The number of rotatable bonds is 5. The first-order chi connectivity index (χ1) is 14.2. The number of ether oxygens (including phenoxy) is 1. The van der Waals surface area contributed by atoms with Gasteiger partial charge < -0.3 is 15.0 Å². The van der Waals surface area contributed by atoms with Crippen molar-refractivity contribution in [3.63, 3.8) is 0 Å². The van der Waals surface area contributed by atoms with Gasteiger partial charge in [-0.1, -0.05) is 12.1 Å². The zero-order valence-electron chi connectivity index (χ0n) is 17.1. The van der Waals surface area contributed by atoms with E-state index in [0.717, 1.165) is 68.3 Å². The molecule has 2 aliphatic rings. The van der Waals surface area contributed by atoms with Crippen molar-refractivity contribution in [1.82, 2.24) is 14.9 Å². The molecule has 4 heterocycles. The minimum absolute atomic E-state index is 0.119. The number of carbonyl (C=O) groups is 1. The Labute approximate surface area is 172 Å². The van der Waals surface area contributed by atoms with E-state index in [2.05, 4.69) is 16.4 Å². The highest BCUT2D eigenvalue weighted by molar-refractivity contribution is 5.76. The molecule has 0 saturated carbocycles. The molecule has 2 saturated heterocycles. The molecule has 154 valence electrons. The second-order valence-electron chi connectivity index (χ2n) is 8.09. The van der Waals surface area contributed by atoms with E-state index in [1.807, 2.05) is 36.1 Å². The number of nitrogens with one attached hydrogen (secondary N) is 1. The van der Waals surface area contributed by atoms with Crippen LogP contribution < -0.4 is 5.32 Å². The summed E-state index contributed by atoms with van der Waals surface area (Å²) in [5.41, 5.74) is 2.18. The van der Waals surface area contributed by atoms with Crippen molar-refractivity contribution in [3.8, 4) is 0 Å². The van der Waals surface area contributed by atoms with E-state index >= 15 is 0 Å². The normalized spacial score (nSPS) is 20.4. The smallest absolute Gasteiger partial charge is 0.225 e. The Bertz CT molecular complexity index is 827. The zero-order chi connectivity index (χ0) is 20.1. The number of carbonyl (C=O) groups excluding carboxylic acids is 1. The van der Waals surface area contributed by atoms with E-state index in [1.165, 1.54) is 6.42 Å². The molecule has 6 heteroatoms. The Morgan fingerprint density at radius 3 is 2.79 bits per heavy atom. The maximum absolute atomic E-state index is 12.6. The summed E-state index contributed by atoms with van der Waals surface area (Å²) in [6, 6.07) is 10.1. The van der Waals surface area contributed by atoms with Crippen molar-refractivity contribution < 1.29 is 9.53 Å². The third-order valence-corrected chi connectivity index (χ3v) is 5.97. The molecule has 2 aromatic heterocycles. The minimum Gasteiger partial charge on any atom is -0.378 e. The summed E-state index contributed by atoms with van der Waals surface area (Å²) in [7, 11) is 0. The van der Waals surface area contributed by atoms with Gasteiger partial charge in [-0.2, -0.15) is 0 Å². The fourth-order valence-electron chi connectivity index (χ4n) is 4.20. The van der Waals surface area contributed by atoms with Crippen LogP contribution in [-0.2, 0) is 9.53 Å². The predicted molar refractivity (Wildman–Crippen MR) is 113 cm³/mol. The molecule has 2 aromatic rings. The Morgan fingerprint density at radius 1 is 1.17 bits per heavy atom. The first-order valence-electron chi connectivity index (χ1n) is 10.7. The van der Waals surface area contributed by atoms with E-state index in [1.54, 1.807) is 6.20 Å². The Morgan fingerprint density at radius 2 is 2.03 bits per heavy atom. The third-order valence-electron chi connectivity index (χ3n) is 5.97. The molecule has 0 aliphatic carbocycles. The highest BCUT2D eigenvalue weighted by Crippen LogP contribution is 2.29. The summed E-state index contributed by atoms with van der Waals surface area (Å²) in [6.07, 6.45) is 7.66. The molecule has 29 heavy (non-hydrogen) atoms. The van der Waals surface area contributed by atoms with Gasteiger partial charge in [-0.05, 0) is 62.8 Å². The lowest BCUT2D eigenvalue weighted by molar-refractivity contribution is -0.136. The van der Waals surface area contributed by atoms with E-state index in [-0.39, 0.29) is 12.0 Å². The quantitative estimate of drug-likeness (QED) is 0.823. The van der Waals surface area contributed by atoms with Gasteiger partial charge in [0.1, 0.15) is 11.6 Å². The van der Waals surface area contributed by atoms with Crippen LogP contribution in [0.2, 0.25) is 0 Å². The molecular formula is C23H30N4O2. The number of hydrogen-bond donors (Lipinski definition) is 1. The fourth-order valence-corrected chi connectivity index (χ4v) is 4.20. The molecule has 6 nitrogen and oxygen atoms in total. The van der Waals surface area contributed by atoms with Crippen molar-refractivity contribution in [1.29, 1.82) is 0 Å². The van der Waals surface area contributed by atoms with Gasteiger partial charge >= 0.3 is 0 Å². The summed E-state index contributed by atoms with van der Waals surface area (Å²) >= 11 is 0. The molecular weight excluding hydrogens is 364 g/mol. The van der Waals surface area contributed by atoms with Crippen LogP contribution in [0.1, 0.15) is 55.7 Å². The second-order valence-corrected chi connectivity index (χ2v) is 8.09. The van der Waals surface area contributed by atoms with E-state index in [4.69, 9.17) is 9.72 Å². The molecule has 1 N–H and O–H groups in total. The SMILES string of the molecule is Cc1cccnc1Nc1cccc(C2CCN(C(=O)C[C@H]3CCCCO3)CC2)n1. The van der Waals surface area contributed by atoms with Crippen molar-refractivity contribution in [2.24, 2.45) is 0 Å². The number of pyridine rings is 2. The number of likely N-dealkylation sites (tertiary alicyclic amines) is 1. The van der Waals surface area contributed by atoms with Gasteiger partial charge in [0.2, 0.25) is 5.91 Å². The van der Waals surface area contributed by atoms with Gasteiger partial charge in [-0.3, -0.25) is 4.79 Å². The van der Waals surface area contributed by atoms with Gasteiger partial charge in [0.05, 0.1) is 12.5 Å². The Balaban J connectivity index is 1.32. The van der Waals surface area contributed by atoms with Crippen LogP contribution in [0.4, 0.5) is 11.6 Å². The van der Waals surface area contributed by atoms with Gasteiger partial charge in [0.25, 0.3) is 0 Å². The van der Waals surface area contributed by atoms with Crippen LogP contribution in [0.3, 0.4) is 0 Å². The van der Waals surface area contributed by atoms with E-state index < -0.39 is 0 Å². The van der Waals surface area contributed by atoms with Crippen molar-refractivity contribution in [3.05, 3.63) is 47.8 Å². The minimum atomic E-state index is 0.119. The highest BCUT2D eigenvalue weighted by Gasteiger charge is 2.27. The van der Waals surface area contributed by atoms with Crippen molar-refractivity contribution in [2.45, 2.75) is 57.5 Å². The van der Waals surface area contributed by atoms with Gasteiger partial charge in [-0.25, -0.2) is 9.97 Å². The second kappa shape index (κ2) is 9.35. The molecule has 0 spiro atoms. The maximum Gasteiger partial charge on any atom is 0.225 e. The molecule has 0 unspecified atom stereocenters. The topological polar surface area (TPSA) is 67.4 Å². The highest BCUT2D eigenvalue weighted by atomic mass is 16.5. The zero-order valence-corrected chi connectivity index (χ0v) is 17.1. The summed E-state index contributed by atoms with van der Waals surface area (Å²) in [6.45, 7) is 4.43. The number of piperidine rings is 1. The summed E-state index contributed by atoms with van der Waals surface area (Å²) in [5.74, 6) is 2.28. The number of nitrogens with zero attached hydrogens (tertiary/aromatic N) is 3. The average molecular weight is 395 g/mol. The van der Waals surface area contributed by atoms with Crippen LogP contribution in [0.25, 0.3) is 0 Å². The van der Waals surface area contributed by atoms with Gasteiger partial charge in [0, 0.05) is 37.5 Å². The molecule has 4 rings (SSSR count). The van der Waals surface area contributed by atoms with Crippen molar-refractivity contribution in [2.75, 3.05) is 25.0 Å². The lowest BCUT2D eigenvalue weighted by Gasteiger charge is -2.33. The van der Waals surface area contributed by atoms with Crippen LogP contribution in [0.15, 0.2) is 36.5 Å². The van der Waals surface area contributed by atoms with Gasteiger partial charge in [-0.15, -0.1) is 0 Å². The molecule has 2 fully saturated rings. The Kier molecular flexibility index (Phi) is 6.39. The van der Waals surface area contributed by atoms with E-state index in [0.29, 0.717) is 12.3 Å². The first kappa shape index (κ1) is 19.8. The largest absolute Gasteiger partial charge is 0.378 e. The third kappa shape index (κ3) is 5.12. The van der Waals surface area contributed by atoms with Crippen LogP contribution in [-0.4, -0.2) is 46.6 Å². The molecule has 1 amide bonds. The summed E-state index contributed by atoms with van der Waals surface area (Å²) in [5, 5.41) is 3.32. The molecule has 0 bridgehead atoms. The lowest BCUT2D eigenvalue weighted by atomic mass is 9.92. The van der Waals surface area contributed by atoms with Gasteiger partial charge in [0.15, 0.2) is 0 Å². The number of hydrogen-bond acceptors (Lipinski definition) is 5. The molecule has 0 aromatic carbocycles. The monoisotopic (exact) mass is 394 g/mol. The molecule has 2 aliphatic heterocycles. The van der Waals surface area contributed by atoms with Crippen LogP contribution >= 0.6 is 0 Å². The fraction of sp³-hybridized carbons (Fsp3) is 0.522. The number of aromatic nitrogens is 2. The molecule has 0 radical (unpaired) electrons. The summed E-state index contributed by atoms with van der Waals surface area (Å²) < 4.78 is 5.73. The Hall–Kier alpha value is -2.47. The standard InChI is InChI=1S/C23H30N4O2/c1-17-6-5-12-24-23(17)26-21-9-4-8-20(25-21)18-10-13-27(14-11-18)22(28)16-19-7-2-3-15-29-19/h4-6,8-9,12,18-19H,2-3,7,10-11,13-16H2,1H3,(H,24,25,26)/t19-/m1/s1. The summed E-state index contributed by atoms with van der Waals surface area (Å²) in [4.78, 5) is 23.8. The number of anilines is 2. The number of aryl methyl sites for hydroxylation is 1. The number of amides is 1. The maximum atomic E-state index is 12.6. The first-order valence-corrected chi connectivity index (χ1v) is 10.7. The predicted octanol–water partition coefficient (Wildman–Crippen LogP) is 4.19. The van der Waals surface area contributed by atoms with Crippen molar-refractivity contribution >= 4 is 17.5 Å². The lowest BCUT2D eigenvalue weighted by Crippen LogP contribution is -2.40. The van der Waals surface area contributed by atoms with E-state index in [9.17, 15) is 4.79 Å². The molecule has 1 atom stereocenters. The van der Waals surface area contributed by atoms with Crippen LogP contribution in [0, 0.1) is 6.92 Å². The van der Waals surface area contributed by atoms with Crippen LogP contribution in [0.5, 0.6) is 0 Å².